The molecule has 6 amide bonds. The van der Waals surface area contributed by atoms with Crippen molar-refractivity contribution in [1.82, 2.24) is 31.1 Å². The summed E-state index contributed by atoms with van der Waals surface area (Å²) in [4.78, 5) is 95.2. The van der Waals surface area contributed by atoms with Gasteiger partial charge in [-0.2, -0.15) is 0 Å². The van der Waals surface area contributed by atoms with Crippen LogP contribution in [0.5, 0.6) is 0 Å². The zero-order valence-corrected chi connectivity index (χ0v) is 32.9. The summed E-state index contributed by atoms with van der Waals surface area (Å²) in [6.07, 6.45) is 1.42. The lowest BCUT2D eigenvalue weighted by atomic mass is 9.83. The monoisotopic (exact) mass is 798 g/mol. The number of alkyl carbamates (subject to hydrolysis) is 1. The number of carbonyl (C=O) groups is 7. The van der Waals surface area contributed by atoms with E-state index in [-0.39, 0.29) is 38.3 Å². The average Bonchev–Trinajstić information content (AvgIpc) is 3.55. The van der Waals surface area contributed by atoms with E-state index in [0.717, 1.165) is 31.1 Å². The van der Waals surface area contributed by atoms with Crippen LogP contribution in [0.2, 0.25) is 0 Å². The van der Waals surface area contributed by atoms with E-state index in [1.165, 1.54) is 19.0 Å². The maximum Gasteiger partial charge on any atom is 0.407 e. The maximum absolute atomic E-state index is 14.2. The van der Waals surface area contributed by atoms with Gasteiger partial charge in [-0.15, -0.1) is 9.24 Å². The molecule has 14 nitrogen and oxygen atoms in total. The predicted molar refractivity (Wildman–Crippen MR) is 199 cm³/mol. The molecule has 0 bridgehead atoms. The highest BCUT2D eigenvalue weighted by atomic mass is 31.0. The van der Waals surface area contributed by atoms with E-state index in [1.54, 1.807) is 37.3 Å². The molecule has 1 saturated carbocycles. The van der Waals surface area contributed by atoms with E-state index >= 15 is 0 Å². The molecule has 1 aliphatic carbocycles. The summed E-state index contributed by atoms with van der Waals surface area (Å²) < 4.78 is 47.5. The van der Waals surface area contributed by atoms with Gasteiger partial charge in [-0.3, -0.25) is 28.8 Å². The molecule has 2 fully saturated rings. The molecule has 1 heterocycles. The smallest absolute Gasteiger partial charge is 0.407 e. The number of amides is 6. The van der Waals surface area contributed by atoms with Crippen LogP contribution in [0.4, 0.5) is 18.0 Å². The number of Topliss-reactive ketones (excluding diaryl/α,β-unsaturated/α-hetero) is 1. The zero-order valence-electron chi connectivity index (χ0n) is 31.8. The molecule has 4 N–H and O–H groups in total. The Hall–Kier alpha value is -4.27. The van der Waals surface area contributed by atoms with E-state index in [9.17, 15) is 46.7 Å². The molecule has 1 aliphatic heterocycles. The molecule has 7 atom stereocenters. The average molecular weight is 799 g/mol. The number of likely N-dealkylation sites (N-methyl/N-ethyl adjacent to an activating group) is 1. The van der Waals surface area contributed by atoms with Crippen molar-refractivity contribution < 1.29 is 51.5 Å². The second-order valence-corrected chi connectivity index (χ2v) is 15.2. The topological polar surface area (TPSA) is 183 Å². The highest BCUT2D eigenvalue weighted by Gasteiger charge is 2.46. The van der Waals surface area contributed by atoms with Crippen LogP contribution >= 0.6 is 9.24 Å². The van der Waals surface area contributed by atoms with E-state index in [4.69, 9.17) is 4.74 Å². The molecule has 55 heavy (non-hydrogen) atoms. The SMILES string of the molecule is CCOC(=O)NC(C(=O)N1C[C@H](CC(C)(F)F)CC1C(=O)NC(CCC(F)P)C(=O)C(=O)NCC(=O)NC(C(=O)N(C)C)c1ccccc1)C1CCCCC1. The van der Waals surface area contributed by atoms with Crippen molar-refractivity contribution in [3.63, 3.8) is 0 Å². The molecule has 1 aromatic rings. The van der Waals surface area contributed by atoms with Gasteiger partial charge in [0.15, 0.2) is 0 Å². The second kappa shape index (κ2) is 21.1. The Morgan fingerprint density at radius 3 is 2.22 bits per heavy atom. The zero-order chi connectivity index (χ0) is 40.9. The summed E-state index contributed by atoms with van der Waals surface area (Å²) in [7, 11) is 4.91. The highest BCUT2D eigenvalue weighted by molar-refractivity contribution is 7.17. The number of benzene rings is 1. The Morgan fingerprint density at radius 2 is 1.64 bits per heavy atom. The molecule has 0 aromatic heterocycles. The van der Waals surface area contributed by atoms with Gasteiger partial charge in [-0.25, -0.2) is 18.0 Å². The molecule has 2 aliphatic rings. The van der Waals surface area contributed by atoms with Crippen LogP contribution in [0.3, 0.4) is 0 Å². The number of hydrogen-bond acceptors (Lipinski definition) is 8. The van der Waals surface area contributed by atoms with Gasteiger partial charge in [-0.1, -0.05) is 49.6 Å². The summed E-state index contributed by atoms with van der Waals surface area (Å²) in [5.74, 6) is -11.1. The van der Waals surface area contributed by atoms with Gasteiger partial charge in [0, 0.05) is 27.1 Å². The molecule has 1 saturated heterocycles. The lowest BCUT2D eigenvalue weighted by Gasteiger charge is -2.34. The lowest BCUT2D eigenvalue weighted by molar-refractivity contribution is -0.143. The largest absolute Gasteiger partial charge is 0.450 e. The van der Waals surface area contributed by atoms with Gasteiger partial charge < -0.3 is 35.8 Å². The molecular weight excluding hydrogens is 744 g/mol. The van der Waals surface area contributed by atoms with Crippen LogP contribution in [-0.4, -0.2) is 115 Å². The molecule has 3 rings (SSSR count). The summed E-state index contributed by atoms with van der Waals surface area (Å²) in [6, 6.07) is 3.18. The lowest BCUT2D eigenvalue weighted by Crippen LogP contribution is -2.58. The van der Waals surface area contributed by atoms with Crippen molar-refractivity contribution in [3.05, 3.63) is 35.9 Å². The number of halogens is 3. The molecule has 306 valence electrons. The minimum atomic E-state index is -3.13. The normalized spacial score (nSPS) is 19.6. The van der Waals surface area contributed by atoms with Crippen LogP contribution in [0.1, 0.15) is 83.2 Å². The van der Waals surface area contributed by atoms with E-state index in [2.05, 4.69) is 21.3 Å². The summed E-state index contributed by atoms with van der Waals surface area (Å²) >= 11 is 0. The van der Waals surface area contributed by atoms with Crippen LogP contribution < -0.4 is 21.3 Å². The second-order valence-electron chi connectivity index (χ2n) is 14.5. The molecule has 6 unspecified atom stereocenters. The van der Waals surface area contributed by atoms with E-state index in [1.807, 2.05) is 9.24 Å². The van der Waals surface area contributed by atoms with Crippen LogP contribution in [0, 0.1) is 11.8 Å². The van der Waals surface area contributed by atoms with Crippen molar-refractivity contribution in [3.8, 4) is 0 Å². The van der Waals surface area contributed by atoms with Gasteiger partial charge in [-0.05, 0) is 63.4 Å². The Bertz CT molecular complexity index is 1510. The van der Waals surface area contributed by atoms with Gasteiger partial charge in [0.05, 0.1) is 19.2 Å². The maximum atomic E-state index is 14.2. The third-order valence-electron chi connectivity index (χ3n) is 9.68. The Morgan fingerprint density at radius 1 is 0.982 bits per heavy atom. The van der Waals surface area contributed by atoms with Crippen molar-refractivity contribution in [1.29, 1.82) is 0 Å². The fourth-order valence-electron chi connectivity index (χ4n) is 7.07. The number of nitrogens with zero attached hydrogens (tertiary/aromatic N) is 2. The Labute approximate surface area is 322 Å². The highest BCUT2D eigenvalue weighted by Crippen LogP contribution is 2.35. The molecule has 0 radical (unpaired) electrons. The standard InChI is InChI=1S/C37H54F3N6O8P/c1-5-54-36(53)44-30(24-14-10-7-11-15-24)35(52)46-21-22(19-37(2,39)40)18-26(46)32(49)42-25(16-17-27(38)55)31(48)33(50)41-20-28(47)43-29(34(51)45(3)4)23-12-8-6-9-13-23/h6,8-9,12-13,22,24-27,29-30H,5,7,10-11,14-21,55H2,1-4H3,(H,41,50)(H,42,49)(H,43,47)(H,44,53)/t22-,25?,26?,27?,29?,30?/m0/s1. The van der Waals surface area contributed by atoms with Crippen molar-refractivity contribution in [2.75, 3.05) is 33.8 Å². The van der Waals surface area contributed by atoms with Crippen LogP contribution in [-0.2, 0) is 33.5 Å². The fraction of sp³-hybridized carbons (Fsp3) is 0.649. The number of alkyl halides is 3. The Balaban J connectivity index is 1.80. The van der Waals surface area contributed by atoms with Gasteiger partial charge >= 0.3 is 6.09 Å². The van der Waals surface area contributed by atoms with Crippen LogP contribution in [0.15, 0.2) is 30.3 Å². The first kappa shape index (κ1) is 45.1. The van der Waals surface area contributed by atoms with Crippen molar-refractivity contribution in [2.45, 2.75) is 108 Å². The first-order valence-electron chi connectivity index (χ1n) is 18.6. The summed E-state index contributed by atoms with van der Waals surface area (Å²) in [5.41, 5.74) is 0.476. The van der Waals surface area contributed by atoms with Gasteiger partial charge in [0.2, 0.25) is 35.3 Å². The number of nitrogens with one attached hydrogen (secondary N) is 4. The van der Waals surface area contributed by atoms with E-state index in [0.29, 0.717) is 18.4 Å². The first-order chi connectivity index (χ1) is 25.9. The van der Waals surface area contributed by atoms with Crippen molar-refractivity contribution in [2.24, 2.45) is 11.8 Å². The molecular formula is C37H54F3N6O8P. The molecule has 1 aromatic carbocycles. The van der Waals surface area contributed by atoms with Gasteiger partial charge in [0.1, 0.15) is 24.0 Å². The molecule has 18 heteroatoms. The van der Waals surface area contributed by atoms with Crippen molar-refractivity contribution >= 4 is 50.7 Å². The number of carbonyl (C=O) groups excluding carboxylic acids is 7. The third-order valence-corrected chi connectivity index (χ3v) is 10.0. The van der Waals surface area contributed by atoms with Gasteiger partial charge in [0.25, 0.3) is 5.91 Å². The minimum Gasteiger partial charge on any atom is -0.450 e. The molecule has 0 spiro atoms. The number of ether oxygens (including phenoxy) is 1. The predicted octanol–water partition coefficient (Wildman–Crippen LogP) is 3.01. The summed E-state index contributed by atoms with van der Waals surface area (Å²) in [6.45, 7) is 1.40. The number of rotatable bonds is 18. The van der Waals surface area contributed by atoms with E-state index < -0.39 is 96.3 Å². The number of ketones is 1. The Kier molecular flexibility index (Phi) is 17.3. The minimum absolute atomic E-state index is 0.0355. The fourth-order valence-corrected chi connectivity index (χ4v) is 7.26. The quantitative estimate of drug-likeness (QED) is 0.129. The number of hydrogen-bond donors (Lipinski definition) is 4. The van der Waals surface area contributed by atoms with Crippen LogP contribution in [0.25, 0.3) is 0 Å². The summed E-state index contributed by atoms with van der Waals surface area (Å²) in [5, 5.41) is 9.77. The first-order valence-corrected chi connectivity index (χ1v) is 19.3. The third kappa shape index (κ3) is 14.1. The number of likely N-dealkylation sites (tertiary alicyclic amines) is 1.